The second-order valence-corrected chi connectivity index (χ2v) is 3.69. The Kier molecular flexibility index (Phi) is 3.04. The summed E-state index contributed by atoms with van der Waals surface area (Å²) in [5.74, 6) is 0. The maximum Gasteiger partial charge on any atom is 0.0705 e. The normalized spacial score (nSPS) is 10.5. The Morgan fingerprint density at radius 1 is 1.47 bits per heavy atom. The van der Waals surface area contributed by atoms with Crippen molar-refractivity contribution >= 4 is 11.6 Å². The molecule has 0 aliphatic carbocycles. The molecule has 3 nitrogen and oxygen atoms in total. The van der Waals surface area contributed by atoms with Gasteiger partial charge in [-0.2, -0.15) is 5.10 Å². The van der Waals surface area contributed by atoms with Crippen molar-refractivity contribution in [1.29, 1.82) is 0 Å². The van der Waals surface area contributed by atoms with Gasteiger partial charge < -0.3 is 5.32 Å². The first-order valence-corrected chi connectivity index (χ1v) is 5.12. The molecule has 1 aromatic heterocycles. The van der Waals surface area contributed by atoms with Crippen molar-refractivity contribution in [2.24, 2.45) is 0 Å². The second-order valence-electron chi connectivity index (χ2n) is 3.25. The molecule has 2 aromatic rings. The molecule has 0 fully saturated rings. The van der Waals surface area contributed by atoms with E-state index < -0.39 is 0 Å². The lowest BCUT2D eigenvalue weighted by atomic mass is 10.2. The van der Waals surface area contributed by atoms with Gasteiger partial charge in [0.2, 0.25) is 0 Å². The SMILES string of the molecule is CNCc1ccc(Cl)cc1-n1cccn1. The molecule has 0 saturated carbocycles. The number of nitrogens with zero attached hydrogens (tertiary/aromatic N) is 2. The van der Waals surface area contributed by atoms with Crippen LogP contribution in [0.5, 0.6) is 0 Å². The third kappa shape index (κ3) is 2.19. The molecular formula is C11H12ClN3. The van der Waals surface area contributed by atoms with E-state index >= 15 is 0 Å². The molecule has 0 radical (unpaired) electrons. The van der Waals surface area contributed by atoms with Crippen LogP contribution in [0.1, 0.15) is 5.56 Å². The maximum atomic E-state index is 5.97. The average Bonchev–Trinajstić information content (AvgIpc) is 2.74. The predicted molar refractivity (Wildman–Crippen MR) is 61.3 cm³/mol. The van der Waals surface area contributed by atoms with Crippen LogP contribution in [0.25, 0.3) is 5.69 Å². The maximum absolute atomic E-state index is 5.97. The lowest BCUT2D eigenvalue weighted by Gasteiger charge is -2.09. The molecule has 15 heavy (non-hydrogen) atoms. The number of aromatic nitrogens is 2. The molecule has 0 unspecified atom stereocenters. The molecule has 1 N–H and O–H groups in total. The van der Waals surface area contributed by atoms with Gasteiger partial charge in [-0.15, -0.1) is 0 Å². The van der Waals surface area contributed by atoms with Gasteiger partial charge >= 0.3 is 0 Å². The van der Waals surface area contributed by atoms with Crippen molar-refractivity contribution in [3.8, 4) is 5.69 Å². The van der Waals surface area contributed by atoms with Crippen molar-refractivity contribution in [3.05, 3.63) is 47.2 Å². The fourth-order valence-corrected chi connectivity index (χ4v) is 1.67. The van der Waals surface area contributed by atoms with Crippen LogP contribution in [0.3, 0.4) is 0 Å². The number of rotatable bonds is 3. The zero-order valence-electron chi connectivity index (χ0n) is 8.44. The fourth-order valence-electron chi connectivity index (χ4n) is 1.50. The Morgan fingerprint density at radius 2 is 2.33 bits per heavy atom. The number of halogens is 1. The highest BCUT2D eigenvalue weighted by molar-refractivity contribution is 6.30. The van der Waals surface area contributed by atoms with Crippen LogP contribution < -0.4 is 5.32 Å². The Hall–Kier alpha value is -1.32. The standard InChI is InChI=1S/C11H12ClN3/c1-13-8-9-3-4-10(12)7-11(9)15-6-2-5-14-15/h2-7,13H,8H2,1H3. The van der Waals surface area contributed by atoms with Crippen molar-refractivity contribution in [3.63, 3.8) is 0 Å². The van der Waals surface area contributed by atoms with Gasteiger partial charge in [0.05, 0.1) is 5.69 Å². The highest BCUT2D eigenvalue weighted by Gasteiger charge is 2.04. The first-order chi connectivity index (χ1) is 7.31. The predicted octanol–water partition coefficient (Wildman–Crippen LogP) is 2.25. The van der Waals surface area contributed by atoms with Gasteiger partial charge in [0.15, 0.2) is 0 Å². The zero-order chi connectivity index (χ0) is 10.7. The summed E-state index contributed by atoms with van der Waals surface area (Å²) in [5.41, 5.74) is 2.19. The van der Waals surface area contributed by atoms with E-state index in [4.69, 9.17) is 11.6 Å². The van der Waals surface area contributed by atoms with Gasteiger partial charge in [-0.1, -0.05) is 17.7 Å². The molecule has 0 atom stereocenters. The quantitative estimate of drug-likeness (QED) is 0.862. The molecule has 0 spiro atoms. The summed E-state index contributed by atoms with van der Waals surface area (Å²) in [5, 5.41) is 8.04. The first kappa shape index (κ1) is 10.2. The van der Waals surface area contributed by atoms with Crippen molar-refractivity contribution in [2.45, 2.75) is 6.54 Å². The summed E-state index contributed by atoms with van der Waals surface area (Å²) in [6, 6.07) is 7.71. The largest absolute Gasteiger partial charge is 0.316 e. The van der Waals surface area contributed by atoms with Crippen molar-refractivity contribution in [2.75, 3.05) is 7.05 Å². The summed E-state index contributed by atoms with van der Waals surface area (Å²) in [6.07, 6.45) is 3.66. The van der Waals surface area contributed by atoms with Gasteiger partial charge in [-0.25, -0.2) is 4.68 Å². The molecule has 0 amide bonds. The van der Waals surface area contributed by atoms with E-state index in [1.807, 2.05) is 42.2 Å². The summed E-state index contributed by atoms with van der Waals surface area (Å²) in [6.45, 7) is 0.798. The first-order valence-electron chi connectivity index (χ1n) is 4.74. The summed E-state index contributed by atoms with van der Waals surface area (Å²) < 4.78 is 1.82. The lowest BCUT2D eigenvalue weighted by molar-refractivity contribution is 0.789. The van der Waals surface area contributed by atoms with Crippen LogP contribution in [0.2, 0.25) is 5.02 Å². The van der Waals surface area contributed by atoms with Crippen LogP contribution in [0, 0.1) is 0 Å². The highest BCUT2D eigenvalue weighted by Crippen LogP contribution is 2.19. The van der Waals surface area contributed by atoms with E-state index in [2.05, 4.69) is 10.4 Å². The van der Waals surface area contributed by atoms with Crippen molar-refractivity contribution in [1.82, 2.24) is 15.1 Å². The van der Waals surface area contributed by atoms with Crippen LogP contribution >= 0.6 is 11.6 Å². The number of hydrogen-bond donors (Lipinski definition) is 1. The minimum Gasteiger partial charge on any atom is -0.316 e. The van der Waals surface area contributed by atoms with Crippen LogP contribution in [0.4, 0.5) is 0 Å². The summed E-state index contributed by atoms with van der Waals surface area (Å²) in [7, 11) is 1.92. The average molecular weight is 222 g/mol. The van der Waals surface area contributed by atoms with Crippen LogP contribution in [-0.4, -0.2) is 16.8 Å². The zero-order valence-corrected chi connectivity index (χ0v) is 9.20. The number of nitrogens with one attached hydrogen (secondary N) is 1. The smallest absolute Gasteiger partial charge is 0.0705 e. The summed E-state index contributed by atoms with van der Waals surface area (Å²) in [4.78, 5) is 0. The van der Waals surface area contributed by atoms with Gasteiger partial charge in [0.25, 0.3) is 0 Å². The Morgan fingerprint density at radius 3 is 3.00 bits per heavy atom. The number of benzene rings is 1. The molecule has 0 bridgehead atoms. The molecular weight excluding hydrogens is 210 g/mol. The van der Waals surface area contributed by atoms with E-state index in [1.165, 1.54) is 5.56 Å². The molecule has 2 rings (SSSR count). The van der Waals surface area contributed by atoms with E-state index in [-0.39, 0.29) is 0 Å². The van der Waals surface area contributed by atoms with Crippen molar-refractivity contribution < 1.29 is 0 Å². The highest BCUT2D eigenvalue weighted by atomic mass is 35.5. The third-order valence-corrected chi connectivity index (χ3v) is 2.40. The minimum atomic E-state index is 0.723. The van der Waals surface area contributed by atoms with Gasteiger partial charge in [0, 0.05) is 24.0 Å². The second kappa shape index (κ2) is 4.47. The van der Waals surface area contributed by atoms with Crippen LogP contribution in [-0.2, 0) is 6.54 Å². The third-order valence-electron chi connectivity index (χ3n) is 2.17. The van der Waals surface area contributed by atoms with Gasteiger partial charge in [-0.3, -0.25) is 0 Å². The monoisotopic (exact) mass is 221 g/mol. The Balaban J connectivity index is 2.47. The van der Waals surface area contributed by atoms with E-state index in [1.54, 1.807) is 6.20 Å². The Bertz CT molecular complexity index is 437. The molecule has 0 aliphatic heterocycles. The number of hydrogen-bond acceptors (Lipinski definition) is 2. The van der Waals surface area contributed by atoms with E-state index in [0.29, 0.717) is 0 Å². The molecule has 4 heteroatoms. The molecule has 0 aliphatic rings. The molecule has 1 aromatic carbocycles. The fraction of sp³-hybridized carbons (Fsp3) is 0.182. The molecule has 1 heterocycles. The molecule has 78 valence electrons. The molecule has 0 saturated heterocycles. The summed E-state index contributed by atoms with van der Waals surface area (Å²) >= 11 is 5.97. The topological polar surface area (TPSA) is 29.9 Å². The van der Waals surface area contributed by atoms with E-state index in [0.717, 1.165) is 17.3 Å². The lowest BCUT2D eigenvalue weighted by Crippen LogP contribution is -2.09. The van der Waals surface area contributed by atoms with Crippen LogP contribution in [0.15, 0.2) is 36.7 Å². The Labute approximate surface area is 93.7 Å². The minimum absolute atomic E-state index is 0.723. The van der Waals surface area contributed by atoms with Gasteiger partial charge in [-0.05, 0) is 30.8 Å². The van der Waals surface area contributed by atoms with E-state index in [9.17, 15) is 0 Å². The van der Waals surface area contributed by atoms with Gasteiger partial charge in [0.1, 0.15) is 0 Å².